The second kappa shape index (κ2) is 5.31. The number of rotatable bonds is 4. The van der Waals surface area contributed by atoms with Crippen molar-refractivity contribution >= 4 is 5.97 Å². The molecule has 0 unspecified atom stereocenters. The molecule has 94 valence electrons. The van der Waals surface area contributed by atoms with E-state index < -0.39 is 0 Å². The predicted molar refractivity (Wildman–Crippen MR) is 61.1 cm³/mol. The summed E-state index contributed by atoms with van der Waals surface area (Å²) in [4.78, 5) is 15.2. The van der Waals surface area contributed by atoms with Crippen LogP contribution in [0.15, 0.2) is 28.8 Å². The molecule has 2 aromatic rings. The number of esters is 1. The molecule has 0 radical (unpaired) electrons. The number of carbonyl (C=O) groups is 1. The van der Waals surface area contributed by atoms with Crippen molar-refractivity contribution in [1.82, 2.24) is 10.1 Å². The molecule has 0 saturated heterocycles. The van der Waals surface area contributed by atoms with Crippen molar-refractivity contribution in [1.29, 1.82) is 0 Å². The number of carbonyl (C=O) groups excluding carboxylic acids is 1. The van der Waals surface area contributed by atoms with E-state index in [2.05, 4.69) is 14.9 Å². The molecule has 6 heteroatoms. The molecule has 1 aromatic carbocycles. The number of nitrogens with zero attached hydrogens (tertiary/aromatic N) is 2. The Hall–Kier alpha value is -2.37. The monoisotopic (exact) mass is 248 g/mol. The lowest BCUT2D eigenvalue weighted by molar-refractivity contribution is 0.0600. The summed E-state index contributed by atoms with van der Waals surface area (Å²) in [6.07, 6.45) is 0. The van der Waals surface area contributed by atoms with Crippen LogP contribution in [0.5, 0.6) is 5.75 Å². The van der Waals surface area contributed by atoms with Crippen LogP contribution in [-0.4, -0.2) is 23.2 Å². The summed E-state index contributed by atoms with van der Waals surface area (Å²) in [6.45, 7) is 1.93. The summed E-state index contributed by atoms with van der Waals surface area (Å²) in [5.41, 5.74) is 0.471. The van der Waals surface area contributed by atoms with Gasteiger partial charge in [-0.3, -0.25) is 0 Å². The SMILES string of the molecule is COC(=O)c1ccc(OCc2nc(C)no2)cc1. The van der Waals surface area contributed by atoms with E-state index in [1.54, 1.807) is 31.2 Å². The van der Waals surface area contributed by atoms with Gasteiger partial charge in [-0.2, -0.15) is 4.98 Å². The fourth-order valence-corrected chi connectivity index (χ4v) is 1.35. The number of hydrogen-bond donors (Lipinski definition) is 0. The lowest BCUT2D eigenvalue weighted by atomic mass is 10.2. The zero-order valence-electron chi connectivity index (χ0n) is 10.0. The summed E-state index contributed by atoms with van der Waals surface area (Å²) in [7, 11) is 1.34. The molecule has 0 aliphatic heterocycles. The molecule has 0 aliphatic carbocycles. The minimum absolute atomic E-state index is 0.193. The van der Waals surface area contributed by atoms with Gasteiger partial charge >= 0.3 is 5.97 Å². The third-order valence-electron chi connectivity index (χ3n) is 2.21. The van der Waals surface area contributed by atoms with Crippen molar-refractivity contribution in [3.63, 3.8) is 0 Å². The maximum absolute atomic E-state index is 11.2. The van der Waals surface area contributed by atoms with Crippen LogP contribution in [-0.2, 0) is 11.3 Å². The van der Waals surface area contributed by atoms with Gasteiger partial charge in [-0.25, -0.2) is 4.79 Å². The van der Waals surface area contributed by atoms with Crippen molar-refractivity contribution in [2.24, 2.45) is 0 Å². The molecule has 0 saturated carbocycles. The first-order chi connectivity index (χ1) is 8.69. The Labute approximate surface area is 104 Å². The van der Waals surface area contributed by atoms with Gasteiger partial charge in [0, 0.05) is 0 Å². The first kappa shape index (κ1) is 12.1. The van der Waals surface area contributed by atoms with Gasteiger partial charge in [-0.15, -0.1) is 0 Å². The topological polar surface area (TPSA) is 74.5 Å². The van der Waals surface area contributed by atoms with Crippen molar-refractivity contribution < 1.29 is 18.8 Å². The Morgan fingerprint density at radius 1 is 1.33 bits per heavy atom. The van der Waals surface area contributed by atoms with Gasteiger partial charge in [-0.1, -0.05) is 5.16 Å². The van der Waals surface area contributed by atoms with E-state index in [9.17, 15) is 4.79 Å². The van der Waals surface area contributed by atoms with Crippen molar-refractivity contribution in [3.05, 3.63) is 41.5 Å². The van der Waals surface area contributed by atoms with Gasteiger partial charge in [0.05, 0.1) is 12.7 Å². The second-order valence-electron chi connectivity index (χ2n) is 3.54. The smallest absolute Gasteiger partial charge is 0.337 e. The Morgan fingerprint density at radius 2 is 2.06 bits per heavy atom. The van der Waals surface area contributed by atoms with Gasteiger partial charge in [0.2, 0.25) is 0 Å². The van der Waals surface area contributed by atoms with Crippen LogP contribution in [0.25, 0.3) is 0 Å². The van der Waals surface area contributed by atoms with E-state index in [0.717, 1.165) is 0 Å². The van der Waals surface area contributed by atoms with Crippen LogP contribution in [0.2, 0.25) is 0 Å². The largest absolute Gasteiger partial charge is 0.484 e. The zero-order valence-corrected chi connectivity index (χ0v) is 10.0. The summed E-state index contributed by atoms with van der Waals surface area (Å²) in [5.74, 6) is 1.20. The molecular weight excluding hydrogens is 236 g/mol. The highest BCUT2D eigenvalue weighted by Crippen LogP contribution is 2.14. The van der Waals surface area contributed by atoms with Gasteiger partial charge < -0.3 is 14.0 Å². The lowest BCUT2D eigenvalue weighted by Crippen LogP contribution is -2.01. The standard InChI is InChI=1S/C12H12N2O4/c1-8-13-11(18-14-8)7-17-10-5-3-9(4-6-10)12(15)16-2/h3-6H,7H2,1-2H3. The summed E-state index contributed by atoms with van der Waals surface area (Å²) >= 11 is 0. The van der Waals surface area contributed by atoms with Crippen LogP contribution in [0, 0.1) is 6.92 Å². The molecule has 0 spiro atoms. The van der Waals surface area contributed by atoms with E-state index in [1.165, 1.54) is 7.11 Å². The minimum Gasteiger partial charge on any atom is -0.484 e. The zero-order chi connectivity index (χ0) is 13.0. The number of methoxy groups -OCH3 is 1. The quantitative estimate of drug-likeness (QED) is 0.767. The highest BCUT2D eigenvalue weighted by molar-refractivity contribution is 5.89. The van der Waals surface area contributed by atoms with Gasteiger partial charge in [0.15, 0.2) is 12.4 Å². The molecule has 1 aromatic heterocycles. The average Bonchev–Trinajstić information content (AvgIpc) is 2.82. The summed E-state index contributed by atoms with van der Waals surface area (Å²) < 4.78 is 14.9. The maximum atomic E-state index is 11.2. The molecule has 0 N–H and O–H groups in total. The predicted octanol–water partition coefficient (Wildman–Crippen LogP) is 1.74. The summed E-state index contributed by atoms with van der Waals surface area (Å²) in [5, 5.41) is 3.65. The van der Waals surface area contributed by atoms with Crippen LogP contribution in [0.1, 0.15) is 22.1 Å². The third-order valence-corrected chi connectivity index (χ3v) is 2.21. The Morgan fingerprint density at radius 3 is 2.61 bits per heavy atom. The molecule has 2 rings (SSSR count). The van der Waals surface area contributed by atoms with Crippen LogP contribution >= 0.6 is 0 Å². The van der Waals surface area contributed by atoms with E-state index in [4.69, 9.17) is 9.26 Å². The maximum Gasteiger partial charge on any atom is 0.337 e. The lowest BCUT2D eigenvalue weighted by Gasteiger charge is -2.04. The van der Waals surface area contributed by atoms with Gasteiger partial charge in [0.25, 0.3) is 5.89 Å². The molecule has 1 heterocycles. The van der Waals surface area contributed by atoms with Gasteiger partial charge in [-0.05, 0) is 31.2 Å². The van der Waals surface area contributed by atoms with Crippen molar-refractivity contribution in [2.45, 2.75) is 13.5 Å². The number of aromatic nitrogens is 2. The first-order valence-corrected chi connectivity index (χ1v) is 5.29. The average molecular weight is 248 g/mol. The van der Waals surface area contributed by atoms with Crippen LogP contribution in [0.3, 0.4) is 0 Å². The number of benzene rings is 1. The molecule has 0 amide bonds. The first-order valence-electron chi connectivity index (χ1n) is 5.29. The molecular formula is C12H12N2O4. The fourth-order valence-electron chi connectivity index (χ4n) is 1.35. The van der Waals surface area contributed by atoms with E-state index >= 15 is 0 Å². The molecule has 0 fully saturated rings. The second-order valence-corrected chi connectivity index (χ2v) is 3.54. The van der Waals surface area contributed by atoms with Crippen LogP contribution < -0.4 is 4.74 Å². The van der Waals surface area contributed by atoms with Crippen LogP contribution in [0.4, 0.5) is 0 Å². The molecule has 0 aliphatic rings. The molecule has 18 heavy (non-hydrogen) atoms. The molecule has 0 bridgehead atoms. The highest BCUT2D eigenvalue weighted by atomic mass is 16.5. The molecule has 6 nitrogen and oxygen atoms in total. The normalized spacial score (nSPS) is 10.1. The fraction of sp³-hybridized carbons (Fsp3) is 0.250. The summed E-state index contributed by atoms with van der Waals surface area (Å²) in [6, 6.07) is 6.60. The number of hydrogen-bond acceptors (Lipinski definition) is 6. The third kappa shape index (κ3) is 2.85. The highest BCUT2D eigenvalue weighted by Gasteiger charge is 2.06. The van der Waals surface area contributed by atoms with Gasteiger partial charge in [0.1, 0.15) is 5.75 Å². The Balaban J connectivity index is 1.96. The Kier molecular flexibility index (Phi) is 3.57. The number of ether oxygens (including phenoxy) is 2. The Bertz CT molecular complexity index is 533. The van der Waals surface area contributed by atoms with E-state index in [1.807, 2.05) is 0 Å². The van der Waals surface area contributed by atoms with Crippen molar-refractivity contribution in [2.75, 3.05) is 7.11 Å². The number of aryl methyl sites for hydroxylation is 1. The van der Waals surface area contributed by atoms with Crippen molar-refractivity contribution in [3.8, 4) is 5.75 Å². The van der Waals surface area contributed by atoms with E-state index in [0.29, 0.717) is 23.0 Å². The molecule has 0 atom stereocenters. The minimum atomic E-state index is -0.380. The van der Waals surface area contributed by atoms with E-state index in [-0.39, 0.29) is 12.6 Å².